The van der Waals surface area contributed by atoms with Crippen molar-refractivity contribution in [3.63, 3.8) is 0 Å². The fourth-order valence-electron chi connectivity index (χ4n) is 9.80. The van der Waals surface area contributed by atoms with Crippen molar-refractivity contribution in [2.24, 2.45) is 0 Å². The van der Waals surface area contributed by atoms with Gasteiger partial charge in [0.05, 0.1) is 46.6 Å². The smallest absolute Gasteiger partial charge is 0.338 e. The Morgan fingerprint density at radius 2 is 0.693 bits per heavy atom. The number of esters is 8. The van der Waals surface area contributed by atoms with Crippen LogP contribution in [0.5, 0.6) is 0 Å². The van der Waals surface area contributed by atoms with Gasteiger partial charge in [-0.1, -0.05) is 109 Å². The SMILES string of the molecule is CC(=O)OC1C(O)OC(COC2OC(CO)C(OC(=O)c3ccccc3)C(OC(=O)c3ccccc3)C2OC(=O)c2ccccc2)C(OC(C)=O)C1OC1OC(COC(=O)c2ccccc2)C(OC(=O)c2ccccc2)C(O)C1OC(=O)c1ccccc1. The minimum absolute atomic E-state index is 0.00486. The number of carbonyl (C=O) groups is 8. The van der Waals surface area contributed by atoms with E-state index < -0.39 is 160 Å². The van der Waals surface area contributed by atoms with Gasteiger partial charge in [-0.3, -0.25) is 9.59 Å². The molecule has 0 radical (unpaired) electrons. The molecule has 3 aliphatic heterocycles. The summed E-state index contributed by atoms with van der Waals surface area (Å²) in [4.78, 5) is 109. The summed E-state index contributed by atoms with van der Waals surface area (Å²) in [6, 6.07) is 45.5. The van der Waals surface area contributed by atoms with E-state index in [0.29, 0.717) is 0 Å². The molecule has 0 saturated carbocycles. The number of hydrogen-bond acceptors (Lipinski definition) is 24. The minimum atomic E-state index is -2.24. The molecule has 3 fully saturated rings. The van der Waals surface area contributed by atoms with Crippen LogP contribution in [0.25, 0.3) is 0 Å². The Morgan fingerprint density at radius 3 is 1.11 bits per heavy atom. The molecule has 6 aromatic rings. The van der Waals surface area contributed by atoms with Crippen LogP contribution in [0.15, 0.2) is 182 Å². The predicted molar refractivity (Wildman–Crippen MR) is 298 cm³/mol. The van der Waals surface area contributed by atoms with Gasteiger partial charge in [-0.05, 0) is 72.8 Å². The molecule has 0 amide bonds. The van der Waals surface area contributed by atoms with Crippen LogP contribution in [0.3, 0.4) is 0 Å². The maximum atomic E-state index is 14.1. The van der Waals surface area contributed by atoms with Crippen LogP contribution in [0.4, 0.5) is 0 Å². The quantitative estimate of drug-likeness (QED) is 0.0646. The number of aliphatic hydroxyl groups excluding tert-OH is 3. The van der Waals surface area contributed by atoms with E-state index >= 15 is 0 Å². The molecule has 3 saturated heterocycles. The number of hydrogen-bond donors (Lipinski definition) is 3. The number of rotatable bonds is 21. The van der Waals surface area contributed by atoms with Crippen molar-refractivity contribution < 1.29 is 115 Å². The number of aliphatic hydroxyl groups is 3. The molecule has 0 bridgehead atoms. The third-order valence-electron chi connectivity index (χ3n) is 14.0. The van der Waals surface area contributed by atoms with Gasteiger partial charge in [0.2, 0.25) is 0 Å². The summed E-state index contributed by atoms with van der Waals surface area (Å²) in [5.41, 5.74) is 0.104. The second-order valence-electron chi connectivity index (χ2n) is 20.1. The van der Waals surface area contributed by atoms with Crippen LogP contribution in [-0.4, -0.2) is 175 Å². The summed E-state index contributed by atoms with van der Waals surface area (Å²) >= 11 is 0. The topological polar surface area (TPSA) is 317 Å². The van der Waals surface area contributed by atoms with Gasteiger partial charge in [0.15, 0.2) is 61.6 Å². The van der Waals surface area contributed by atoms with E-state index in [-0.39, 0.29) is 33.4 Å². The first-order valence-electron chi connectivity index (χ1n) is 27.6. The Morgan fingerprint density at radius 1 is 0.352 bits per heavy atom. The zero-order valence-electron chi connectivity index (χ0n) is 47.0. The Balaban J connectivity index is 1.08. The maximum Gasteiger partial charge on any atom is 0.338 e. The molecule has 24 heteroatoms. The Kier molecular flexibility index (Phi) is 21.5. The van der Waals surface area contributed by atoms with E-state index in [4.69, 9.17) is 61.6 Å². The lowest BCUT2D eigenvalue weighted by Crippen LogP contribution is -2.67. The Hall–Kier alpha value is -9.24. The van der Waals surface area contributed by atoms with Crippen molar-refractivity contribution in [2.45, 2.75) is 106 Å². The van der Waals surface area contributed by atoms with E-state index in [9.17, 15) is 53.7 Å². The third-order valence-corrected chi connectivity index (χ3v) is 14.0. The molecule has 15 atom stereocenters. The summed E-state index contributed by atoms with van der Waals surface area (Å²) in [7, 11) is 0. The summed E-state index contributed by atoms with van der Waals surface area (Å²) in [6.45, 7) is -0.665. The third kappa shape index (κ3) is 15.8. The maximum absolute atomic E-state index is 14.1. The van der Waals surface area contributed by atoms with Crippen molar-refractivity contribution in [1.29, 1.82) is 0 Å². The lowest BCUT2D eigenvalue weighted by Gasteiger charge is -2.48. The highest BCUT2D eigenvalue weighted by Gasteiger charge is 2.58. The highest BCUT2D eigenvalue weighted by atomic mass is 16.8. The number of benzene rings is 6. The second-order valence-corrected chi connectivity index (χ2v) is 20.1. The van der Waals surface area contributed by atoms with E-state index in [0.717, 1.165) is 13.8 Å². The molecule has 0 aromatic heterocycles. The average molecular weight is 1210 g/mol. The fourth-order valence-corrected chi connectivity index (χ4v) is 9.80. The highest BCUT2D eigenvalue weighted by Crippen LogP contribution is 2.37. The zero-order valence-corrected chi connectivity index (χ0v) is 47.0. The monoisotopic (exact) mass is 1210 g/mol. The van der Waals surface area contributed by atoms with Gasteiger partial charge in [0.1, 0.15) is 37.1 Å². The van der Waals surface area contributed by atoms with Crippen molar-refractivity contribution in [2.75, 3.05) is 19.8 Å². The van der Waals surface area contributed by atoms with E-state index in [1.807, 2.05) is 0 Å². The molecule has 0 spiro atoms. The molecule has 24 nitrogen and oxygen atoms in total. The summed E-state index contributed by atoms with van der Waals surface area (Å²) < 4.78 is 78.4. The van der Waals surface area contributed by atoms with Crippen molar-refractivity contribution >= 4 is 47.8 Å². The van der Waals surface area contributed by atoms with Gasteiger partial charge in [0.25, 0.3) is 0 Å². The van der Waals surface area contributed by atoms with Crippen LogP contribution >= 0.6 is 0 Å². The molecule has 3 heterocycles. The van der Waals surface area contributed by atoms with E-state index in [1.54, 1.807) is 84.9 Å². The largest absolute Gasteiger partial charge is 0.459 e. The van der Waals surface area contributed by atoms with Crippen molar-refractivity contribution in [3.8, 4) is 0 Å². The molecule has 6 aromatic carbocycles. The van der Waals surface area contributed by atoms with Crippen LogP contribution in [-0.2, 0) is 71.2 Å². The molecule has 88 heavy (non-hydrogen) atoms. The fraction of sp³-hybridized carbons (Fsp3) is 0.312. The van der Waals surface area contributed by atoms with E-state index in [1.165, 1.54) is 97.1 Å². The number of carbonyl (C=O) groups excluding carboxylic acids is 8. The van der Waals surface area contributed by atoms with Crippen LogP contribution < -0.4 is 0 Å². The predicted octanol–water partition coefficient (Wildman–Crippen LogP) is 4.76. The van der Waals surface area contributed by atoms with Gasteiger partial charge < -0.3 is 76.9 Å². The second kappa shape index (κ2) is 29.9. The molecule has 3 aliphatic rings. The van der Waals surface area contributed by atoms with Gasteiger partial charge in [-0.25, -0.2) is 28.8 Å². The molecular formula is C64H60O24. The van der Waals surface area contributed by atoms with Gasteiger partial charge in [0, 0.05) is 13.8 Å². The molecule has 15 unspecified atom stereocenters. The Labute approximate surface area is 502 Å². The first-order valence-corrected chi connectivity index (χ1v) is 27.6. The van der Waals surface area contributed by atoms with Gasteiger partial charge in [-0.15, -0.1) is 0 Å². The normalized spacial score (nSPS) is 26.6. The molecule has 9 rings (SSSR count). The lowest BCUT2D eigenvalue weighted by molar-refractivity contribution is -0.361. The van der Waals surface area contributed by atoms with E-state index in [2.05, 4.69) is 0 Å². The van der Waals surface area contributed by atoms with Crippen molar-refractivity contribution in [1.82, 2.24) is 0 Å². The molecular weight excluding hydrogens is 1150 g/mol. The number of ether oxygens (including phenoxy) is 13. The van der Waals surface area contributed by atoms with Gasteiger partial charge in [-0.2, -0.15) is 0 Å². The van der Waals surface area contributed by atoms with Gasteiger partial charge >= 0.3 is 47.8 Å². The van der Waals surface area contributed by atoms with Crippen molar-refractivity contribution in [3.05, 3.63) is 215 Å². The van der Waals surface area contributed by atoms with Crippen LogP contribution in [0, 0.1) is 0 Å². The van der Waals surface area contributed by atoms with Crippen LogP contribution in [0.1, 0.15) is 76.0 Å². The Bertz CT molecular complexity index is 3320. The molecule has 460 valence electrons. The minimum Gasteiger partial charge on any atom is -0.459 e. The average Bonchev–Trinajstić information content (AvgIpc) is 1.51. The summed E-state index contributed by atoms with van der Waals surface area (Å²) in [5, 5.41) is 35.3. The molecule has 0 aliphatic carbocycles. The standard InChI is InChI=1S/C64H60O24/c1-36(66)78-50-46(35-77-63-55(87-61(74)43-31-19-8-20-32-43)53(86-60(73)42-29-17-7-18-30-42)49(44(33-65)81-63)84-58(71)40-25-13-5-14-26-40)80-62(75)54(79-37(2)67)52(50)88-64-51(85-59(72)41-27-15-6-16-28-41)47(68)48(83-57(70)39-23-11-4-12-24-39)45(82-64)34-76-56(69)38-21-9-3-10-22-38/h3-32,44-55,62-65,68,75H,33-35H2,1-2H3. The zero-order chi connectivity index (χ0) is 62.3. The summed E-state index contributed by atoms with van der Waals surface area (Å²) in [5.74, 6) is -8.02. The first kappa shape index (κ1) is 63.3. The molecule has 3 N–H and O–H groups in total. The lowest BCUT2D eigenvalue weighted by atomic mass is 9.95. The first-order chi connectivity index (χ1) is 42.6. The summed E-state index contributed by atoms with van der Waals surface area (Å²) in [6.07, 6.45) is -28.8. The van der Waals surface area contributed by atoms with Crippen LogP contribution in [0.2, 0.25) is 0 Å². The highest BCUT2D eigenvalue weighted by molar-refractivity contribution is 5.92.